The van der Waals surface area contributed by atoms with E-state index in [0.717, 1.165) is 0 Å². The third-order valence-electron chi connectivity index (χ3n) is 4.46. The molecule has 0 aromatic carbocycles. The second kappa shape index (κ2) is 5.03. The van der Waals surface area contributed by atoms with Crippen LogP contribution in [-0.2, 0) is 9.59 Å². The minimum atomic E-state index is -4.47. The van der Waals surface area contributed by atoms with Gasteiger partial charge >= 0.3 is 6.18 Å². The first-order valence-electron chi connectivity index (χ1n) is 6.47. The molecule has 2 rings (SSSR count). The smallest absolute Gasteiger partial charge is 0.294 e. The number of hydrogen-bond acceptors (Lipinski definition) is 4. The van der Waals surface area contributed by atoms with Gasteiger partial charge in [0.05, 0.1) is 18.1 Å². The normalized spacial score (nSPS) is 36.7. The van der Waals surface area contributed by atoms with Crippen LogP contribution in [0.5, 0.6) is 0 Å². The number of imide groups is 1. The number of nitrogens with one attached hydrogen (secondary N) is 1. The van der Waals surface area contributed by atoms with Crippen molar-refractivity contribution in [2.75, 3.05) is 0 Å². The Morgan fingerprint density at radius 3 is 2.10 bits per heavy atom. The first-order valence-corrected chi connectivity index (χ1v) is 6.47. The van der Waals surface area contributed by atoms with Crippen LogP contribution in [-0.4, -0.2) is 18.0 Å². The molecule has 112 valence electrons. The average Bonchev–Trinajstić information content (AvgIpc) is 2.38. The quantitative estimate of drug-likeness (QED) is 0.688. The largest absolute Gasteiger partial charge is 0.391 e. The lowest BCUT2D eigenvalue weighted by molar-refractivity contribution is -0.200. The van der Waals surface area contributed by atoms with E-state index in [2.05, 4.69) is 0 Å². The van der Waals surface area contributed by atoms with Gasteiger partial charge in [-0.15, -0.1) is 0 Å². The van der Waals surface area contributed by atoms with Crippen molar-refractivity contribution in [1.29, 1.82) is 10.5 Å². The Morgan fingerprint density at radius 1 is 1.14 bits per heavy atom. The highest BCUT2D eigenvalue weighted by atomic mass is 19.4. The average molecular weight is 299 g/mol. The Labute approximate surface area is 118 Å². The molecule has 2 fully saturated rings. The summed E-state index contributed by atoms with van der Waals surface area (Å²) in [4.78, 5) is 23.6. The summed E-state index contributed by atoms with van der Waals surface area (Å²) in [5, 5.41) is 20.2. The highest BCUT2D eigenvalue weighted by Crippen LogP contribution is 2.54. The summed E-state index contributed by atoms with van der Waals surface area (Å²) in [7, 11) is 0. The number of carbonyl (C=O) groups excluding carboxylic acids is 2. The van der Waals surface area contributed by atoms with Crippen LogP contribution < -0.4 is 5.32 Å². The SMILES string of the molecule is N#C[C@@H]1C(=O)NC(=O)[C@H](C#N)C12CCC[C@H](C(F)(F)F)C2. The summed E-state index contributed by atoms with van der Waals surface area (Å²) >= 11 is 0. The zero-order chi connectivity index (χ0) is 15.8. The van der Waals surface area contributed by atoms with E-state index in [4.69, 9.17) is 10.5 Å². The second-order valence-corrected chi connectivity index (χ2v) is 5.55. The van der Waals surface area contributed by atoms with Crippen molar-refractivity contribution in [1.82, 2.24) is 5.32 Å². The van der Waals surface area contributed by atoms with E-state index in [9.17, 15) is 22.8 Å². The van der Waals surface area contributed by atoms with E-state index >= 15 is 0 Å². The number of nitriles is 2. The van der Waals surface area contributed by atoms with Crippen LogP contribution >= 0.6 is 0 Å². The van der Waals surface area contributed by atoms with Gasteiger partial charge < -0.3 is 0 Å². The Morgan fingerprint density at radius 2 is 1.67 bits per heavy atom. The molecule has 1 spiro atoms. The van der Waals surface area contributed by atoms with Crippen LogP contribution in [0.2, 0.25) is 0 Å². The second-order valence-electron chi connectivity index (χ2n) is 5.55. The summed E-state index contributed by atoms with van der Waals surface area (Å²) in [6, 6.07) is 3.38. The molecule has 1 unspecified atom stereocenters. The summed E-state index contributed by atoms with van der Waals surface area (Å²) in [6.07, 6.45) is -4.90. The number of carbonyl (C=O) groups is 2. The maximum absolute atomic E-state index is 13.0. The van der Waals surface area contributed by atoms with Crippen LogP contribution in [0.15, 0.2) is 0 Å². The summed E-state index contributed by atoms with van der Waals surface area (Å²) < 4.78 is 39.0. The van der Waals surface area contributed by atoms with Crippen molar-refractivity contribution in [2.45, 2.75) is 31.9 Å². The van der Waals surface area contributed by atoms with Crippen molar-refractivity contribution in [3.05, 3.63) is 0 Å². The van der Waals surface area contributed by atoms with E-state index in [1.54, 1.807) is 12.1 Å². The summed E-state index contributed by atoms with van der Waals surface area (Å²) in [5.41, 5.74) is -1.54. The highest BCUT2D eigenvalue weighted by molar-refractivity contribution is 6.03. The van der Waals surface area contributed by atoms with Crippen molar-refractivity contribution in [2.24, 2.45) is 23.2 Å². The molecular formula is C13H12F3N3O2. The minimum absolute atomic E-state index is 0.0925. The molecule has 1 saturated carbocycles. The zero-order valence-corrected chi connectivity index (χ0v) is 10.9. The third kappa shape index (κ3) is 2.35. The van der Waals surface area contributed by atoms with Gasteiger partial charge in [0.25, 0.3) is 0 Å². The molecule has 1 aliphatic carbocycles. The molecule has 0 aromatic heterocycles. The Hall–Kier alpha value is -2.09. The number of piperidine rings is 1. The molecule has 0 aromatic rings. The lowest BCUT2D eigenvalue weighted by Crippen LogP contribution is -2.59. The third-order valence-corrected chi connectivity index (χ3v) is 4.46. The lowest BCUT2D eigenvalue weighted by atomic mass is 9.55. The zero-order valence-electron chi connectivity index (χ0n) is 10.9. The first-order chi connectivity index (χ1) is 9.76. The van der Waals surface area contributed by atoms with Gasteiger partial charge in [0.15, 0.2) is 0 Å². The fraction of sp³-hybridized carbons (Fsp3) is 0.692. The standard InChI is InChI=1S/C13H12F3N3O2/c14-13(15,16)7-2-1-3-12(4-7)8(5-17)10(20)19-11(21)9(12)6-18/h7-9H,1-4H2,(H,19,20,21)/t7-,8-,9+,12?/m0/s1. The van der Waals surface area contributed by atoms with Gasteiger partial charge in [0, 0.05) is 5.41 Å². The number of alkyl halides is 3. The van der Waals surface area contributed by atoms with Crippen LogP contribution in [0.4, 0.5) is 13.2 Å². The van der Waals surface area contributed by atoms with Gasteiger partial charge in [-0.25, -0.2) is 0 Å². The number of halogens is 3. The van der Waals surface area contributed by atoms with Gasteiger partial charge in [0.2, 0.25) is 11.8 Å². The maximum Gasteiger partial charge on any atom is 0.391 e. The Kier molecular flexibility index (Phi) is 3.66. The van der Waals surface area contributed by atoms with E-state index in [1.807, 2.05) is 5.32 Å². The van der Waals surface area contributed by atoms with Crippen molar-refractivity contribution in [3.8, 4) is 12.1 Å². The molecule has 1 N–H and O–H groups in total. The van der Waals surface area contributed by atoms with Gasteiger partial charge in [0.1, 0.15) is 11.8 Å². The predicted octanol–water partition coefficient (Wildman–Crippen LogP) is 1.66. The van der Waals surface area contributed by atoms with Crippen molar-refractivity contribution in [3.63, 3.8) is 0 Å². The fourth-order valence-electron chi connectivity index (χ4n) is 3.47. The molecule has 1 heterocycles. The van der Waals surface area contributed by atoms with Gasteiger partial charge in [-0.2, -0.15) is 23.7 Å². The molecule has 0 radical (unpaired) electrons. The van der Waals surface area contributed by atoms with Crippen LogP contribution in [0.25, 0.3) is 0 Å². The first kappa shape index (κ1) is 15.3. The van der Waals surface area contributed by atoms with E-state index in [1.165, 1.54) is 0 Å². The summed E-state index contributed by atoms with van der Waals surface area (Å²) in [5.74, 6) is -6.33. The molecule has 5 nitrogen and oxygen atoms in total. The van der Waals surface area contributed by atoms with Crippen LogP contribution in [0.1, 0.15) is 25.7 Å². The number of rotatable bonds is 0. The number of hydrogen-bond donors (Lipinski definition) is 1. The molecule has 21 heavy (non-hydrogen) atoms. The topological polar surface area (TPSA) is 93.8 Å². The van der Waals surface area contributed by atoms with Gasteiger partial charge in [-0.3, -0.25) is 14.9 Å². The van der Waals surface area contributed by atoms with Crippen LogP contribution in [0, 0.1) is 45.8 Å². The van der Waals surface area contributed by atoms with E-state index in [-0.39, 0.29) is 19.3 Å². The van der Waals surface area contributed by atoms with Gasteiger partial charge in [-0.1, -0.05) is 6.42 Å². The Bertz CT molecular complexity index is 526. The fourth-order valence-corrected chi connectivity index (χ4v) is 3.47. The molecular weight excluding hydrogens is 287 g/mol. The minimum Gasteiger partial charge on any atom is -0.294 e. The monoisotopic (exact) mass is 299 g/mol. The molecule has 8 heteroatoms. The summed E-state index contributed by atoms with van der Waals surface area (Å²) in [6.45, 7) is 0. The van der Waals surface area contributed by atoms with E-state index < -0.39 is 47.6 Å². The molecule has 2 aliphatic rings. The van der Waals surface area contributed by atoms with Crippen molar-refractivity contribution >= 4 is 11.8 Å². The van der Waals surface area contributed by atoms with Crippen molar-refractivity contribution < 1.29 is 22.8 Å². The highest BCUT2D eigenvalue weighted by Gasteiger charge is 2.60. The molecule has 4 atom stereocenters. The predicted molar refractivity (Wildman–Crippen MR) is 61.8 cm³/mol. The van der Waals surface area contributed by atoms with E-state index in [0.29, 0.717) is 0 Å². The molecule has 2 amide bonds. The number of amides is 2. The lowest BCUT2D eigenvalue weighted by Gasteiger charge is -2.47. The molecule has 0 bridgehead atoms. The molecule has 1 saturated heterocycles. The molecule has 1 aliphatic heterocycles. The number of nitrogens with zero attached hydrogens (tertiary/aromatic N) is 2. The Balaban J connectivity index is 2.48. The van der Waals surface area contributed by atoms with Crippen LogP contribution in [0.3, 0.4) is 0 Å². The van der Waals surface area contributed by atoms with Gasteiger partial charge in [-0.05, 0) is 19.3 Å². The maximum atomic E-state index is 13.0.